The zero-order chi connectivity index (χ0) is 14.9. The SMILES string of the molecule is O=C(Nc1cccc2ncccc12)[C@@H]1Cc2ccccc2O1. The lowest BCUT2D eigenvalue weighted by atomic mass is 10.1. The standard InChI is InChI=1S/C18H14N2O2/c21-18(17-11-12-5-1-2-9-16(12)22-17)20-15-8-3-7-14-13(15)6-4-10-19-14/h1-10,17H,11H2,(H,20,21)/t17-/m0/s1. The first-order valence-electron chi connectivity index (χ1n) is 7.20. The molecule has 0 bridgehead atoms. The van der Waals surface area contributed by atoms with Crippen molar-refractivity contribution in [2.75, 3.05) is 5.32 Å². The van der Waals surface area contributed by atoms with Gasteiger partial charge in [0.05, 0.1) is 11.2 Å². The molecule has 0 saturated carbocycles. The van der Waals surface area contributed by atoms with Crippen molar-refractivity contribution in [1.82, 2.24) is 4.98 Å². The maximum absolute atomic E-state index is 12.5. The van der Waals surface area contributed by atoms with Crippen LogP contribution in [0.15, 0.2) is 60.8 Å². The van der Waals surface area contributed by atoms with E-state index in [9.17, 15) is 4.79 Å². The van der Waals surface area contributed by atoms with Crippen LogP contribution in [0.2, 0.25) is 0 Å². The van der Waals surface area contributed by atoms with Crippen molar-refractivity contribution >= 4 is 22.5 Å². The molecule has 0 spiro atoms. The number of nitrogens with one attached hydrogen (secondary N) is 1. The maximum atomic E-state index is 12.5. The highest BCUT2D eigenvalue weighted by molar-refractivity contribution is 6.02. The number of carbonyl (C=O) groups excluding carboxylic acids is 1. The Kier molecular flexibility index (Phi) is 3.00. The van der Waals surface area contributed by atoms with E-state index in [1.54, 1.807) is 6.20 Å². The first kappa shape index (κ1) is 12.8. The fourth-order valence-electron chi connectivity index (χ4n) is 2.75. The van der Waals surface area contributed by atoms with Gasteiger partial charge in [0, 0.05) is 18.0 Å². The Morgan fingerprint density at radius 2 is 2.00 bits per heavy atom. The van der Waals surface area contributed by atoms with Gasteiger partial charge in [-0.2, -0.15) is 0 Å². The molecule has 0 aliphatic carbocycles. The van der Waals surface area contributed by atoms with Gasteiger partial charge in [0.1, 0.15) is 5.75 Å². The summed E-state index contributed by atoms with van der Waals surface area (Å²) >= 11 is 0. The van der Waals surface area contributed by atoms with E-state index in [2.05, 4.69) is 10.3 Å². The second kappa shape index (κ2) is 5.15. The van der Waals surface area contributed by atoms with E-state index in [1.165, 1.54) is 0 Å². The average Bonchev–Trinajstić information content (AvgIpc) is 2.99. The molecule has 4 nitrogen and oxygen atoms in total. The van der Waals surface area contributed by atoms with Crippen LogP contribution in [0.4, 0.5) is 5.69 Å². The van der Waals surface area contributed by atoms with E-state index in [4.69, 9.17) is 4.74 Å². The molecule has 1 aromatic heterocycles. The first-order chi connectivity index (χ1) is 10.8. The summed E-state index contributed by atoms with van der Waals surface area (Å²) in [5.74, 6) is 0.662. The number of nitrogens with zero attached hydrogens (tertiary/aromatic N) is 1. The van der Waals surface area contributed by atoms with Crippen molar-refractivity contribution < 1.29 is 9.53 Å². The number of hydrogen-bond donors (Lipinski definition) is 1. The number of para-hydroxylation sites is 1. The molecule has 2 aromatic carbocycles. The van der Waals surface area contributed by atoms with E-state index in [0.717, 1.165) is 27.9 Å². The number of pyridine rings is 1. The van der Waals surface area contributed by atoms with E-state index < -0.39 is 6.10 Å². The Balaban J connectivity index is 1.58. The number of ether oxygens (including phenoxy) is 1. The Labute approximate surface area is 127 Å². The van der Waals surface area contributed by atoms with Crippen molar-refractivity contribution in [1.29, 1.82) is 0 Å². The highest BCUT2D eigenvalue weighted by Crippen LogP contribution is 2.29. The van der Waals surface area contributed by atoms with Crippen LogP contribution in [-0.4, -0.2) is 17.0 Å². The average molecular weight is 290 g/mol. The largest absolute Gasteiger partial charge is 0.480 e. The lowest BCUT2D eigenvalue weighted by molar-refractivity contribution is -0.122. The van der Waals surface area contributed by atoms with E-state index in [1.807, 2.05) is 54.6 Å². The number of rotatable bonds is 2. The molecule has 4 rings (SSSR count). The number of carbonyl (C=O) groups is 1. The van der Waals surface area contributed by atoms with Gasteiger partial charge < -0.3 is 10.1 Å². The fourth-order valence-corrected chi connectivity index (χ4v) is 2.75. The summed E-state index contributed by atoms with van der Waals surface area (Å²) in [7, 11) is 0. The smallest absolute Gasteiger partial charge is 0.265 e. The second-order valence-corrected chi connectivity index (χ2v) is 5.28. The summed E-state index contributed by atoms with van der Waals surface area (Å²) in [4.78, 5) is 16.8. The van der Waals surface area contributed by atoms with E-state index in [-0.39, 0.29) is 5.91 Å². The van der Waals surface area contributed by atoms with E-state index >= 15 is 0 Å². The molecule has 108 valence electrons. The maximum Gasteiger partial charge on any atom is 0.265 e. The van der Waals surface area contributed by atoms with Crippen molar-refractivity contribution in [3.05, 3.63) is 66.4 Å². The molecule has 2 heterocycles. The van der Waals surface area contributed by atoms with Gasteiger partial charge in [0.15, 0.2) is 6.10 Å². The quantitative estimate of drug-likeness (QED) is 0.788. The van der Waals surface area contributed by atoms with Gasteiger partial charge in [0.2, 0.25) is 0 Å². The van der Waals surface area contributed by atoms with Gasteiger partial charge in [-0.3, -0.25) is 9.78 Å². The minimum absolute atomic E-state index is 0.132. The van der Waals surface area contributed by atoms with Gasteiger partial charge in [0.25, 0.3) is 5.91 Å². The molecule has 1 atom stereocenters. The normalized spacial score (nSPS) is 16.1. The van der Waals surface area contributed by atoms with Gasteiger partial charge >= 0.3 is 0 Å². The van der Waals surface area contributed by atoms with Gasteiger partial charge in [-0.25, -0.2) is 0 Å². The molecular formula is C18H14N2O2. The first-order valence-corrected chi connectivity index (χ1v) is 7.20. The fraction of sp³-hybridized carbons (Fsp3) is 0.111. The number of hydrogen-bond acceptors (Lipinski definition) is 3. The van der Waals surface area contributed by atoms with Crippen LogP contribution < -0.4 is 10.1 Å². The summed E-state index contributed by atoms with van der Waals surface area (Å²) in [5, 5.41) is 3.88. The molecule has 4 heteroatoms. The third-order valence-corrected chi connectivity index (χ3v) is 3.84. The number of amides is 1. The molecule has 22 heavy (non-hydrogen) atoms. The third kappa shape index (κ3) is 2.19. The molecule has 1 amide bonds. The van der Waals surface area contributed by atoms with Gasteiger partial charge in [-0.15, -0.1) is 0 Å². The molecule has 3 aromatic rings. The highest BCUT2D eigenvalue weighted by Gasteiger charge is 2.28. The topological polar surface area (TPSA) is 51.2 Å². The van der Waals surface area contributed by atoms with Gasteiger partial charge in [-0.1, -0.05) is 24.3 Å². The lowest BCUT2D eigenvalue weighted by Crippen LogP contribution is -2.31. The zero-order valence-electron chi connectivity index (χ0n) is 11.8. The molecule has 1 aliphatic heterocycles. The van der Waals surface area contributed by atoms with Crippen LogP contribution in [0.1, 0.15) is 5.56 Å². The lowest BCUT2D eigenvalue weighted by Gasteiger charge is -2.12. The summed E-state index contributed by atoms with van der Waals surface area (Å²) < 4.78 is 5.73. The summed E-state index contributed by atoms with van der Waals surface area (Å²) in [6.45, 7) is 0. The summed E-state index contributed by atoms with van der Waals surface area (Å²) in [6, 6.07) is 17.2. The van der Waals surface area contributed by atoms with Crippen LogP contribution >= 0.6 is 0 Å². The number of aromatic nitrogens is 1. The number of fused-ring (bicyclic) bond motifs is 2. The Morgan fingerprint density at radius 1 is 1.09 bits per heavy atom. The number of benzene rings is 2. The van der Waals surface area contributed by atoms with Crippen LogP contribution in [-0.2, 0) is 11.2 Å². The van der Waals surface area contributed by atoms with Crippen LogP contribution in [0, 0.1) is 0 Å². The molecule has 0 unspecified atom stereocenters. The minimum atomic E-state index is -0.482. The summed E-state index contributed by atoms with van der Waals surface area (Å²) in [6.07, 6.45) is 1.86. The zero-order valence-corrected chi connectivity index (χ0v) is 11.8. The predicted molar refractivity (Wildman–Crippen MR) is 84.9 cm³/mol. The number of anilines is 1. The molecule has 0 saturated heterocycles. The van der Waals surface area contributed by atoms with Crippen molar-refractivity contribution in [3.8, 4) is 5.75 Å². The van der Waals surface area contributed by atoms with Crippen molar-refractivity contribution in [2.24, 2.45) is 0 Å². The molecule has 0 radical (unpaired) electrons. The van der Waals surface area contributed by atoms with Gasteiger partial charge in [-0.05, 0) is 35.9 Å². The predicted octanol–water partition coefficient (Wildman–Crippen LogP) is 3.18. The molecule has 1 aliphatic rings. The molecule has 0 fully saturated rings. The Hall–Kier alpha value is -2.88. The van der Waals surface area contributed by atoms with Crippen molar-refractivity contribution in [2.45, 2.75) is 12.5 Å². The molecular weight excluding hydrogens is 276 g/mol. The van der Waals surface area contributed by atoms with Crippen LogP contribution in [0.25, 0.3) is 10.9 Å². The monoisotopic (exact) mass is 290 g/mol. The van der Waals surface area contributed by atoms with Crippen LogP contribution in [0.5, 0.6) is 5.75 Å². The van der Waals surface area contributed by atoms with Crippen molar-refractivity contribution in [3.63, 3.8) is 0 Å². The second-order valence-electron chi connectivity index (χ2n) is 5.28. The minimum Gasteiger partial charge on any atom is -0.480 e. The Morgan fingerprint density at radius 3 is 2.91 bits per heavy atom. The van der Waals surface area contributed by atoms with Crippen LogP contribution in [0.3, 0.4) is 0 Å². The summed E-state index contributed by atoms with van der Waals surface area (Å²) in [5.41, 5.74) is 2.69. The third-order valence-electron chi connectivity index (χ3n) is 3.84. The Bertz CT molecular complexity index is 830. The highest BCUT2D eigenvalue weighted by atomic mass is 16.5. The van der Waals surface area contributed by atoms with E-state index in [0.29, 0.717) is 6.42 Å². The molecule has 1 N–H and O–H groups in total.